The molecule has 28 heavy (non-hydrogen) atoms. The van der Waals surface area contributed by atoms with Gasteiger partial charge in [0.25, 0.3) is 5.56 Å². The first-order chi connectivity index (χ1) is 13.0. The number of phenolic OH excluding ortho intramolecular Hbond substituents is 1. The summed E-state index contributed by atoms with van der Waals surface area (Å²) in [6.07, 6.45) is 4.33. The summed E-state index contributed by atoms with van der Waals surface area (Å²) in [5, 5.41) is 14.4. The molecule has 1 aliphatic heterocycles. The molecule has 2 N–H and O–H groups in total. The van der Waals surface area contributed by atoms with Crippen molar-refractivity contribution in [3.05, 3.63) is 39.5 Å². The van der Waals surface area contributed by atoms with Crippen LogP contribution in [0.3, 0.4) is 0 Å². The molecule has 1 aliphatic rings. The van der Waals surface area contributed by atoms with E-state index >= 15 is 0 Å². The molecule has 0 saturated carbocycles. The lowest BCUT2D eigenvalue weighted by Crippen LogP contribution is -2.45. The van der Waals surface area contributed by atoms with E-state index in [1.54, 1.807) is 12.1 Å². The highest BCUT2D eigenvalue weighted by Gasteiger charge is 2.21. The summed E-state index contributed by atoms with van der Waals surface area (Å²) in [6.45, 7) is 3.32. The van der Waals surface area contributed by atoms with Gasteiger partial charge in [-0.1, -0.05) is 7.43 Å². The molecule has 0 radical (unpaired) electrons. The van der Waals surface area contributed by atoms with Crippen LogP contribution in [-0.4, -0.2) is 59.7 Å². The zero-order chi connectivity index (χ0) is 19.0. The number of aromatic hydroxyl groups is 1. The smallest absolute Gasteiger partial charge is 0.266 e. The largest absolute Gasteiger partial charge is 0.508 e. The van der Waals surface area contributed by atoms with Crippen molar-refractivity contribution < 1.29 is 5.11 Å². The van der Waals surface area contributed by atoms with Gasteiger partial charge in [0.1, 0.15) is 10.4 Å². The zero-order valence-electron chi connectivity index (χ0n) is 16.0. The fourth-order valence-electron chi connectivity index (χ4n) is 4.30. The van der Waals surface area contributed by atoms with E-state index in [0.717, 1.165) is 59.0 Å². The number of hydrogen-bond donors (Lipinski definition) is 2. The number of aryl methyl sites for hydroxylation is 1. The Morgan fingerprint density at radius 2 is 2.14 bits per heavy atom. The van der Waals surface area contributed by atoms with Gasteiger partial charge in [0.15, 0.2) is 0 Å². The van der Waals surface area contributed by atoms with Crippen LogP contribution in [0.25, 0.3) is 21.0 Å². The van der Waals surface area contributed by atoms with Crippen molar-refractivity contribution in [3.63, 3.8) is 0 Å². The first-order valence-corrected chi connectivity index (χ1v) is 10.6. The van der Waals surface area contributed by atoms with E-state index in [-0.39, 0.29) is 13.0 Å². The lowest BCUT2D eigenvalue weighted by atomic mass is 9.99. The third kappa shape index (κ3) is 3.95. The number of likely N-dealkylation sites (N-methyl/N-ethyl adjacent to an activating group) is 1. The third-order valence-electron chi connectivity index (χ3n) is 5.79. The molecule has 3 heterocycles. The number of likely N-dealkylation sites (tertiary alicyclic amines) is 1. The van der Waals surface area contributed by atoms with Crippen molar-refractivity contribution in [1.29, 1.82) is 0 Å². The first kappa shape index (κ1) is 20.8. The second kappa shape index (κ2) is 8.64. The maximum absolute atomic E-state index is 12.2. The molecule has 0 amide bonds. The topological polar surface area (TPSA) is 59.6 Å². The van der Waals surface area contributed by atoms with Crippen LogP contribution in [0.4, 0.5) is 0 Å². The summed E-state index contributed by atoms with van der Waals surface area (Å²) in [4.78, 5) is 20.1. The van der Waals surface area contributed by atoms with Gasteiger partial charge < -0.3 is 19.9 Å². The predicted molar refractivity (Wildman–Crippen MR) is 120 cm³/mol. The minimum absolute atomic E-state index is 0. The average molecular weight is 402 g/mol. The van der Waals surface area contributed by atoms with Crippen LogP contribution in [0.1, 0.15) is 32.3 Å². The van der Waals surface area contributed by atoms with Crippen LogP contribution in [0.15, 0.2) is 28.4 Å². The average Bonchev–Trinajstić information content (AvgIpc) is 3.14. The van der Waals surface area contributed by atoms with Gasteiger partial charge in [0, 0.05) is 34.4 Å². The van der Waals surface area contributed by atoms with E-state index in [1.807, 2.05) is 11.4 Å². The van der Waals surface area contributed by atoms with Crippen LogP contribution in [0, 0.1) is 0 Å². The summed E-state index contributed by atoms with van der Waals surface area (Å²) < 4.78 is 0.735. The van der Waals surface area contributed by atoms with E-state index in [2.05, 4.69) is 28.9 Å². The van der Waals surface area contributed by atoms with Gasteiger partial charge in [-0.3, -0.25) is 4.79 Å². The molecule has 1 unspecified atom stereocenters. The maximum Gasteiger partial charge on any atom is 0.266 e. The van der Waals surface area contributed by atoms with E-state index < -0.39 is 0 Å². The number of fused-ring (bicyclic) bond motifs is 3. The van der Waals surface area contributed by atoms with Gasteiger partial charge >= 0.3 is 0 Å². The molecule has 5 nitrogen and oxygen atoms in total. The second-order valence-electron chi connectivity index (χ2n) is 7.77. The third-order valence-corrected chi connectivity index (χ3v) is 6.70. The Morgan fingerprint density at radius 1 is 1.32 bits per heavy atom. The molecule has 3 aromatic rings. The number of aromatic amines is 1. The summed E-state index contributed by atoms with van der Waals surface area (Å²) in [5.74, 6) is 0.326. The Hall–Kier alpha value is -1.89. The summed E-state index contributed by atoms with van der Waals surface area (Å²) in [7, 11) is 4.32. The lowest BCUT2D eigenvalue weighted by molar-refractivity contribution is 0.132. The molecule has 0 bridgehead atoms. The highest BCUT2D eigenvalue weighted by Crippen LogP contribution is 2.33. The molecule has 0 spiro atoms. The second-order valence-corrected chi connectivity index (χ2v) is 8.68. The summed E-state index contributed by atoms with van der Waals surface area (Å²) >= 11 is 1.45. The SMILES string of the molecule is C.CN(C)C1CCCN(CCCc2c(O)ccc3[nH]c(=O)c4sccc4c23)C1. The van der Waals surface area contributed by atoms with Gasteiger partial charge in [-0.15, -0.1) is 11.3 Å². The summed E-state index contributed by atoms with van der Waals surface area (Å²) in [6, 6.07) is 6.14. The van der Waals surface area contributed by atoms with Crippen molar-refractivity contribution in [2.45, 2.75) is 39.2 Å². The number of nitrogens with zero attached hydrogens (tertiary/aromatic N) is 2. The fraction of sp³-hybridized carbons (Fsp3) is 0.500. The molecule has 1 atom stereocenters. The Labute approximate surface area is 170 Å². The van der Waals surface area contributed by atoms with Gasteiger partial charge in [0.2, 0.25) is 0 Å². The standard InChI is InChI=1S/C21H27N3O2S.CH4/c1-23(2)14-5-3-10-24(13-14)11-4-6-15-18(25)8-7-17-19(15)16-9-12-27-20(16)21(26)22-17;/h7-9,12,14,25H,3-6,10-11,13H2,1-2H3,(H,22,26);1H4. The van der Waals surface area contributed by atoms with Crippen molar-refractivity contribution in [2.24, 2.45) is 0 Å². The monoisotopic (exact) mass is 401 g/mol. The minimum atomic E-state index is -0.0489. The summed E-state index contributed by atoms with van der Waals surface area (Å²) in [5.41, 5.74) is 1.71. The van der Waals surface area contributed by atoms with Gasteiger partial charge in [0.05, 0.1) is 0 Å². The molecule has 1 fully saturated rings. The highest BCUT2D eigenvalue weighted by atomic mass is 32.1. The Bertz CT molecular complexity index is 1010. The number of piperidine rings is 1. The first-order valence-electron chi connectivity index (χ1n) is 9.67. The molecular formula is C22H31N3O2S. The zero-order valence-corrected chi connectivity index (χ0v) is 16.8. The van der Waals surface area contributed by atoms with Gasteiger partial charge in [-0.05, 0) is 76.4 Å². The number of H-pyrrole nitrogens is 1. The van der Waals surface area contributed by atoms with E-state index in [1.165, 1.54) is 24.2 Å². The van der Waals surface area contributed by atoms with E-state index in [0.29, 0.717) is 11.8 Å². The Kier molecular flexibility index (Phi) is 6.43. The van der Waals surface area contributed by atoms with Crippen molar-refractivity contribution in [2.75, 3.05) is 33.7 Å². The number of phenols is 1. The van der Waals surface area contributed by atoms with Crippen molar-refractivity contribution >= 4 is 32.3 Å². The molecule has 0 aliphatic carbocycles. The van der Waals surface area contributed by atoms with E-state index in [4.69, 9.17) is 0 Å². The Balaban J connectivity index is 0.00000225. The fourth-order valence-corrected chi connectivity index (χ4v) is 5.09. The van der Waals surface area contributed by atoms with Crippen molar-refractivity contribution in [1.82, 2.24) is 14.8 Å². The lowest BCUT2D eigenvalue weighted by Gasteiger charge is -2.36. The predicted octanol–water partition coefficient (Wildman–Crippen LogP) is 4.04. The molecule has 2 aromatic heterocycles. The normalized spacial score (nSPS) is 18.0. The number of nitrogens with one attached hydrogen (secondary N) is 1. The number of aromatic nitrogens is 1. The number of hydrogen-bond acceptors (Lipinski definition) is 5. The van der Waals surface area contributed by atoms with Crippen LogP contribution < -0.4 is 5.56 Å². The molecular weight excluding hydrogens is 370 g/mol. The van der Waals surface area contributed by atoms with Gasteiger partial charge in [-0.25, -0.2) is 0 Å². The maximum atomic E-state index is 12.2. The highest BCUT2D eigenvalue weighted by molar-refractivity contribution is 7.17. The molecule has 152 valence electrons. The minimum Gasteiger partial charge on any atom is -0.508 e. The van der Waals surface area contributed by atoms with Crippen LogP contribution in [0.2, 0.25) is 0 Å². The Morgan fingerprint density at radius 3 is 2.93 bits per heavy atom. The molecule has 1 saturated heterocycles. The number of rotatable bonds is 5. The number of benzene rings is 1. The molecule has 6 heteroatoms. The van der Waals surface area contributed by atoms with Crippen LogP contribution in [-0.2, 0) is 6.42 Å². The molecule has 1 aromatic carbocycles. The van der Waals surface area contributed by atoms with E-state index in [9.17, 15) is 9.90 Å². The van der Waals surface area contributed by atoms with Crippen molar-refractivity contribution in [3.8, 4) is 5.75 Å². The number of pyridine rings is 1. The molecule has 4 rings (SSSR count). The van der Waals surface area contributed by atoms with Crippen LogP contribution in [0.5, 0.6) is 5.75 Å². The van der Waals surface area contributed by atoms with Gasteiger partial charge in [-0.2, -0.15) is 0 Å². The quantitative estimate of drug-likeness (QED) is 0.677. The number of thiophene rings is 1. The van der Waals surface area contributed by atoms with Crippen LogP contribution >= 0.6 is 11.3 Å².